The van der Waals surface area contributed by atoms with Gasteiger partial charge in [-0.25, -0.2) is 0 Å². The summed E-state index contributed by atoms with van der Waals surface area (Å²) in [6.07, 6.45) is 3.29. The van der Waals surface area contributed by atoms with Crippen LogP contribution in [0.25, 0.3) is 0 Å². The van der Waals surface area contributed by atoms with E-state index in [1.165, 1.54) is 6.42 Å². The van der Waals surface area contributed by atoms with Gasteiger partial charge in [0.2, 0.25) is 0 Å². The van der Waals surface area contributed by atoms with E-state index in [4.69, 9.17) is 0 Å². The zero-order valence-electron chi connectivity index (χ0n) is 6.68. The Kier molecular flexibility index (Phi) is 1.04. The normalized spacial score (nSPS) is 42.8. The summed E-state index contributed by atoms with van der Waals surface area (Å²) in [5.41, 5.74) is 0.369. The van der Waals surface area contributed by atoms with Gasteiger partial charge < -0.3 is 0 Å². The van der Waals surface area contributed by atoms with Crippen LogP contribution < -0.4 is 0 Å². The molecule has 0 spiro atoms. The van der Waals surface area contributed by atoms with Gasteiger partial charge in [0.05, 0.1) is 0 Å². The van der Waals surface area contributed by atoms with Gasteiger partial charge in [-0.3, -0.25) is 4.79 Å². The summed E-state index contributed by atoms with van der Waals surface area (Å²) in [6.45, 7) is 4.46. The lowest BCUT2D eigenvalue weighted by atomic mass is 10.00. The predicted octanol–water partition coefficient (Wildman–Crippen LogP) is 2.01. The number of carbonyl (C=O) groups is 1. The first-order chi connectivity index (χ1) is 4.64. The second-order valence-electron chi connectivity index (χ2n) is 4.26. The van der Waals surface area contributed by atoms with Crippen LogP contribution in [0.1, 0.15) is 33.1 Å². The average molecular weight is 138 g/mol. The minimum Gasteiger partial charge on any atom is -0.299 e. The highest BCUT2D eigenvalue weighted by atomic mass is 16.1. The Labute approximate surface area is 61.8 Å². The van der Waals surface area contributed by atoms with Gasteiger partial charge in [0.25, 0.3) is 0 Å². The third-order valence-corrected chi connectivity index (χ3v) is 3.34. The topological polar surface area (TPSA) is 17.1 Å². The number of rotatable bonds is 0. The molecule has 0 aromatic carbocycles. The summed E-state index contributed by atoms with van der Waals surface area (Å²) in [4.78, 5) is 11.3. The van der Waals surface area contributed by atoms with Gasteiger partial charge in [-0.1, -0.05) is 13.8 Å². The van der Waals surface area contributed by atoms with E-state index in [1.54, 1.807) is 0 Å². The van der Waals surface area contributed by atoms with Crippen LogP contribution in [0.5, 0.6) is 0 Å². The van der Waals surface area contributed by atoms with Crippen molar-refractivity contribution in [2.75, 3.05) is 0 Å². The summed E-state index contributed by atoms with van der Waals surface area (Å²) in [7, 11) is 0. The maximum atomic E-state index is 11.3. The molecule has 2 aliphatic carbocycles. The molecule has 0 aliphatic heterocycles. The van der Waals surface area contributed by atoms with Crippen LogP contribution >= 0.6 is 0 Å². The zero-order chi connectivity index (χ0) is 7.35. The first kappa shape index (κ1) is 6.38. The zero-order valence-corrected chi connectivity index (χ0v) is 6.68. The SMILES string of the molecule is CC1(C)C2C(=O)CCC[C@@H]21. The Morgan fingerprint density at radius 2 is 2.20 bits per heavy atom. The van der Waals surface area contributed by atoms with E-state index in [-0.39, 0.29) is 0 Å². The van der Waals surface area contributed by atoms with Gasteiger partial charge in [-0.05, 0) is 24.2 Å². The largest absolute Gasteiger partial charge is 0.299 e. The van der Waals surface area contributed by atoms with Gasteiger partial charge in [-0.2, -0.15) is 0 Å². The average Bonchev–Trinajstić information content (AvgIpc) is 2.38. The summed E-state index contributed by atoms with van der Waals surface area (Å²) in [5.74, 6) is 1.72. The third-order valence-electron chi connectivity index (χ3n) is 3.34. The molecule has 56 valence electrons. The second-order valence-corrected chi connectivity index (χ2v) is 4.26. The predicted molar refractivity (Wildman–Crippen MR) is 39.6 cm³/mol. The Balaban J connectivity index is 2.18. The number of hydrogen-bond acceptors (Lipinski definition) is 1. The van der Waals surface area contributed by atoms with Gasteiger partial charge in [0.1, 0.15) is 5.78 Å². The molecular weight excluding hydrogens is 124 g/mol. The van der Waals surface area contributed by atoms with E-state index in [9.17, 15) is 4.79 Å². The lowest BCUT2D eigenvalue weighted by Gasteiger charge is -2.04. The Bertz CT molecular complexity index is 181. The number of Topliss-reactive ketones (excluding diaryl/α,β-unsaturated/α-hetero) is 1. The monoisotopic (exact) mass is 138 g/mol. The van der Waals surface area contributed by atoms with E-state index in [1.807, 2.05) is 0 Å². The molecule has 2 atom stereocenters. The van der Waals surface area contributed by atoms with E-state index < -0.39 is 0 Å². The molecule has 2 saturated carbocycles. The van der Waals surface area contributed by atoms with Crippen LogP contribution in [-0.2, 0) is 4.79 Å². The summed E-state index contributed by atoms with van der Waals surface area (Å²) in [5, 5.41) is 0. The molecule has 0 N–H and O–H groups in total. The van der Waals surface area contributed by atoms with Gasteiger partial charge in [-0.15, -0.1) is 0 Å². The molecule has 0 aromatic heterocycles. The van der Waals surface area contributed by atoms with E-state index >= 15 is 0 Å². The highest BCUT2D eigenvalue weighted by Gasteiger charge is 2.61. The first-order valence-electron chi connectivity index (χ1n) is 4.17. The van der Waals surface area contributed by atoms with Gasteiger partial charge in [0.15, 0.2) is 0 Å². The van der Waals surface area contributed by atoms with Crippen LogP contribution in [-0.4, -0.2) is 5.78 Å². The molecule has 1 heteroatoms. The molecule has 0 amide bonds. The fourth-order valence-corrected chi connectivity index (χ4v) is 2.57. The van der Waals surface area contributed by atoms with E-state index in [0.717, 1.165) is 18.8 Å². The van der Waals surface area contributed by atoms with E-state index in [0.29, 0.717) is 17.1 Å². The number of carbonyl (C=O) groups excluding carboxylic acids is 1. The van der Waals surface area contributed by atoms with Crippen molar-refractivity contribution < 1.29 is 4.79 Å². The molecule has 2 rings (SSSR count). The fourth-order valence-electron chi connectivity index (χ4n) is 2.57. The molecule has 0 bridgehead atoms. The summed E-state index contributed by atoms with van der Waals surface area (Å²) >= 11 is 0. The molecule has 1 nitrogen and oxygen atoms in total. The second kappa shape index (κ2) is 1.63. The minimum atomic E-state index is 0.369. The van der Waals surface area contributed by atoms with Crippen LogP contribution in [0.4, 0.5) is 0 Å². The molecule has 1 unspecified atom stereocenters. The van der Waals surface area contributed by atoms with Crippen molar-refractivity contribution in [2.45, 2.75) is 33.1 Å². The minimum absolute atomic E-state index is 0.369. The fraction of sp³-hybridized carbons (Fsp3) is 0.889. The maximum absolute atomic E-state index is 11.3. The van der Waals surface area contributed by atoms with Crippen molar-refractivity contribution >= 4 is 5.78 Å². The van der Waals surface area contributed by atoms with Crippen LogP contribution in [0.15, 0.2) is 0 Å². The lowest BCUT2D eigenvalue weighted by Crippen LogP contribution is -2.08. The summed E-state index contributed by atoms with van der Waals surface area (Å²) in [6, 6.07) is 0. The van der Waals surface area contributed by atoms with Crippen molar-refractivity contribution in [2.24, 2.45) is 17.3 Å². The quantitative estimate of drug-likeness (QED) is 0.500. The van der Waals surface area contributed by atoms with Gasteiger partial charge in [0, 0.05) is 12.3 Å². The number of fused-ring (bicyclic) bond motifs is 1. The van der Waals surface area contributed by atoms with Gasteiger partial charge >= 0.3 is 0 Å². The van der Waals surface area contributed by atoms with Crippen molar-refractivity contribution in [1.29, 1.82) is 0 Å². The van der Waals surface area contributed by atoms with Crippen molar-refractivity contribution in [3.8, 4) is 0 Å². The van der Waals surface area contributed by atoms with Crippen molar-refractivity contribution in [3.05, 3.63) is 0 Å². The third kappa shape index (κ3) is 0.609. The molecule has 0 radical (unpaired) electrons. The Morgan fingerprint density at radius 3 is 2.70 bits per heavy atom. The molecule has 0 saturated heterocycles. The Hall–Kier alpha value is -0.330. The Morgan fingerprint density at radius 1 is 1.50 bits per heavy atom. The van der Waals surface area contributed by atoms with Crippen molar-refractivity contribution in [1.82, 2.24) is 0 Å². The smallest absolute Gasteiger partial charge is 0.136 e. The lowest BCUT2D eigenvalue weighted by molar-refractivity contribution is -0.121. The molecular formula is C9H14O. The van der Waals surface area contributed by atoms with E-state index in [2.05, 4.69) is 13.8 Å². The molecule has 0 aromatic rings. The van der Waals surface area contributed by atoms with Crippen LogP contribution in [0.2, 0.25) is 0 Å². The highest BCUT2D eigenvalue weighted by Crippen LogP contribution is 2.63. The first-order valence-corrected chi connectivity index (χ1v) is 4.17. The number of hydrogen-bond donors (Lipinski definition) is 0. The molecule has 2 fully saturated rings. The maximum Gasteiger partial charge on any atom is 0.136 e. The van der Waals surface area contributed by atoms with Crippen molar-refractivity contribution in [3.63, 3.8) is 0 Å². The number of ketones is 1. The van der Waals surface area contributed by atoms with Crippen LogP contribution in [0, 0.1) is 17.3 Å². The molecule has 0 heterocycles. The molecule has 2 aliphatic rings. The molecule has 10 heavy (non-hydrogen) atoms. The highest BCUT2D eigenvalue weighted by molar-refractivity contribution is 5.86. The van der Waals surface area contributed by atoms with Crippen LogP contribution in [0.3, 0.4) is 0 Å². The standard InChI is InChI=1S/C9H14O/c1-9(2)6-4-3-5-7(10)8(6)9/h6,8H,3-5H2,1-2H3/t6-,8?/m0/s1. The summed E-state index contributed by atoms with van der Waals surface area (Å²) < 4.78 is 0.